The summed E-state index contributed by atoms with van der Waals surface area (Å²) in [6.07, 6.45) is -0.705. The van der Waals surface area contributed by atoms with E-state index in [2.05, 4.69) is 5.43 Å². The van der Waals surface area contributed by atoms with Gasteiger partial charge in [-0.3, -0.25) is 19.5 Å². The van der Waals surface area contributed by atoms with Gasteiger partial charge in [-0.1, -0.05) is 0 Å². The van der Waals surface area contributed by atoms with Crippen molar-refractivity contribution in [1.82, 2.24) is 10.4 Å². The molecule has 0 bridgehead atoms. The lowest BCUT2D eigenvalue weighted by Gasteiger charge is -2.24. The fourth-order valence-corrected chi connectivity index (χ4v) is 3.47. The zero-order valence-corrected chi connectivity index (χ0v) is 16.4. The highest BCUT2D eigenvalue weighted by Crippen LogP contribution is 2.29. The molecule has 3 rings (SSSR count). The number of cyclic esters (lactones) is 1. The SMILES string of the molecule is O=C(CO)CC[C@H]1CN(c2ccc(N3CCNN(C(=O)CO)CC3)c(F)c2)C(=O)O1. The Morgan fingerprint density at radius 3 is 2.70 bits per heavy atom. The van der Waals surface area contributed by atoms with Gasteiger partial charge < -0.3 is 19.8 Å². The van der Waals surface area contributed by atoms with E-state index in [0.29, 0.717) is 37.4 Å². The number of Topliss-reactive ketones (excluding diaryl/α,β-unsaturated/α-hetero) is 1. The number of carbonyl (C=O) groups excluding carboxylic acids is 3. The van der Waals surface area contributed by atoms with Gasteiger partial charge in [-0.05, 0) is 24.6 Å². The molecule has 0 unspecified atom stereocenters. The van der Waals surface area contributed by atoms with Gasteiger partial charge in [0.1, 0.15) is 25.1 Å². The molecular weight excluding hydrogens is 399 g/mol. The van der Waals surface area contributed by atoms with Crippen molar-refractivity contribution < 1.29 is 33.7 Å². The summed E-state index contributed by atoms with van der Waals surface area (Å²) in [7, 11) is 0. The number of nitrogens with zero attached hydrogens (tertiary/aromatic N) is 3. The maximum absolute atomic E-state index is 14.8. The van der Waals surface area contributed by atoms with Crippen molar-refractivity contribution in [3.63, 3.8) is 0 Å². The zero-order valence-electron chi connectivity index (χ0n) is 16.4. The van der Waals surface area contributed by atoms with Crippen LogP contribution in [0.25, 0.3) is 0 Å². The van der Waals surface area contributed by atoms with Gasteiger partial charge in [0.2, 0.25) is 0 Å². The van der Waals surface area contributed by atoms with E-state index >= 15 is 0 Å². The molecule has 2 saturated heterocycles. The number of rotatable bonds is 7. The minimum absolute atomic E-state index is 0.106. The summed E-state index contributed by atoms with van der Waals surface area (Å²) in [4.78, 5) is 38.1. The average Bonchev–Trinajstić information content (AvgIpc) is 2.96. The van der Waals surface area contributed by atoms with Crippen LogP contribution in [-0.2, 0) is 14.3 Å². The minimum atomic E-state index is -0.610. The molecule has 0 radical (unpaired) electrons. The van der Waals surface area contributed by atoms with E-state index < -0.39 is 37.1 Å². The molecule has 3 N–H and O–H groups in total. The Morgan fingerprint density at radius 1 is 1.20 bits per heavy atom. The maximum atomic E-state index is 14.8. The van der Waals surface area contributed by atoms with Crippen molar-refractivity contribution in [2.45, 2.75) is 18.9 Å². The second-order valence-electron chi connectivity index (χ2n) is 7.09. The van der Waals surface area contributed by atoms with Crippen molar-refractivity contribution in [3.8, 4) is 0 Å². The Bertz CT molecular complexity index is 807. The Labute approximate surface area is 172 Å². The number of benzene rings is 1. The number of ketones is 1. The number of amides is 2. The first-order chi connectivity index (χ1) is 14.4. The predicted molar refractivity (Wildman–Crippen MR) is 104 cm³/mol. The summed E-state index contributed by atoms with van der Waals surface area (Å²) in [6, 6.07) is 4.45. The van der Waals surface area contributed by atoms with Crippen LogP contribution in [0.15, 0.2) is 18.2 Å². The summed E-state index contributed by atoms with van der Waals surface area (Å²) in [5, 5.41) is 19.1. The molecule has 2 amide bonds. The number of carbonyl (C=O) groups is 3. The maximum Gasteiger partial charge on any atom is 0.414 e. The Hall–Kier alpha value is -2.76. The largest absolute Gasteiger partial charge is 0.444 e. The molecule has 0 aromatic heterocycles. The third kappa shape index (κ3) is 5.04. The molecule has 1 aromatic rings. The number of hydrazine groups is 1. The molecule has 164 valence electrons. The van der Waals surface area contributed by atoms with Gasteiger partial charge in [0.15, 0.2) is 5.78 Å². The fourth-order valence-electron chi connectivity index (χ4n) is 3.47. The third-order valence-corrected chi connectivity index (χ3v) is 5.09. The first-order valence-electron chi connectivity index (χ1n) is 9.73. The molecule has 11 heteroatoms. The highest BCUT2D eigenvalue weighted by Gasteiger charge is 2.33. The lowest BCUT2D eigenvalue weighted by Crippen LogP contribution is -2.45. The highest BCUT2D eigenvalue weighted by atomic mass is 19.1. The van der Waals surface area contributed by atoms with Crippen LogP contribution in [0.2, 0.25) is 0 Å². The van der Waals surface area contributed by atoms with Crippen LogP contribution in [0.3, 0.4) is 0 Å². The van der Waals surface area contributed by atoms with Crippen molar-refractivity contribution in [3.05, 3.63) is 24.0 Å². The lowest BCUT2D eigenvalue weighted by atomic mass is 10.1. The number of nitrogens with one attached hydrogen (secondary N) is 1. The summed E-state index contributed by atoms with van der Waals surface area (Å²) < 4.78 is 20.1. The first kappa shape index (κ1) is 21.9. The van der Waals surface area contributed by atoms with E-state index in [1.54, 1.807) is 17.0 Å². The summed E-state index contributed by atoms with van der Waals surface area (Å²) >= 11 is 0. The minimum Gasteiger partial charge on any atom is -0.444 e. The molecule has 0 spiro atoms. The first-order valence-corrected chi connectivity index (χ1v) is 9.73. The molecule has 1 atom stereocenters. The van der Waals surface area contributed by atoms with Crippen LogP contribution in [0.1, 0.15) is 12.8 Å². The van der Waals surface area contributed by atoms with Gasteiger partial charge in [0.05, 0.1) is 24.5 Å². The van der Waals surface area contributed by atoms with Crippen LogP contribution in [0, 0.1) is 5.82 Å². The fraction of sp³-hybridized carbons (Fsp3) is 0.526. The predicted octanol–water partition coefficient (Wildman–Crippen LogP) is -0.362. The van der Waals surface area contributed by atoms with Crippen LogP contribution in [0.5, 0.6) is 0 Å². The normalized spacial score (nSPS) is 19.6. The molecule has 2 fully saturated rings. The molecule has 2 aliphatic rings. The second-order valence-corrected chi connectivity index (χ2v) is 7.09. The monoisotopic (exact) mass is 424 g/mol. The third-order valence-electron chi connectivity index (χ3n) is 5.09. The lowest BCUT2D eigenvalue weighted by molar-refractivity contribution is -0.137. The van der Waals surface area contributed by atoms with Crippen molar-refractivity contribution in [1.29, 1.82) is 0 Å². The van der Waals surface area contributed by atoms with Crippen molar-refractivity contribution in [2.75, 3.05) is 55.7 Å². The summed E-state index contributed by atoms with van der Waals surface area (Å²) in [5.74, 6) is -1.29. The number of aliphatic hydroxyl groups is 2. The standard InChI is InChI=1S/C19H25FN4O6/c20-16-9-13(23-10-15(30-19(23)29)3-2-14(27)11-25)1-4-17(16)22-6-5-21-24(8-7-22)18(28)12-26/h1,4,9,15,21,25-26H,2-3,5-8,10-12H2/t15-/m0/s1. The summed E-state index contributed by atoms with van der Waals surface area (Å²) in [6.45, 7) is 0.571. The number of hydrogen-bond donors (Lipinski definition) is 3. The van der Waals surface area contributed by atoms with Gasteiger partial charge in [-0.2, -0.15) is 0 Å². The average molecular weight is 424 g/mol. The van der Waals surface area contributed by atoms with Crippen LogP contribution < -0.4 is 15.2 Å². The van der Waals surface area contributed by atoms with Gasteiger partial charge in [0, 0.05) is 26.1 Å². The topological polar surface area (TPSA) is 123 Å². The number of halogens is 1. The van der Waals surface area contributed by atoms with E-state index in [1.165, 1.54) is 16.0 Å². The molecule has 10 nitrogen and oxygen atoms in total. The number of anilines is 2. The zero-order chi connectivity index (χ0) is 21.7. The van der Waals surface area contributed by atoms with Crippen molar-refractivity contribution in [2.24, 2.45) is 0 Å². The van der Waals surface area contributed by atoms with E-state index in [9.17, 15) is 18.8 Å². The Kier molecular flexibility index (Phi) is 7.19. The van der Waals surface area contributed by atoms with Crippen LogP contribution in [-0.4, -0.2) is 85.0 Å². The number of ether oxygens (including phenoxy) is 1. The Morgan fingerprint density at radius 2 is 2.00 bits per heavy atom. The second kappa shape index (κ2) is 9.83. The van der Waals surface area contributed by atoms with E-state index in [4.69, 9.17) is 14.9 Å². The van der Waals surface area contributed by atoms with Crippen molar-refractivity contribution >= 4 is 29.2 Å². The highest BCUT2D eigenvalue weighted by molar-refractivity contribution is 5.90. The molecular formula is C19H25FN4O6. The van der Waals surface area contributed by atoms with Crippen LogP contribution in [0.4, 0.5) is 20.6 Å². The molecule has 0 aliphatic carbocycles. The Balaban J connectivity index is 1.64. The molecule has 0 saturated carbocycles. The molecule has 30 heavy (non-hydrogen) atoms. The van der Waals surface area contributed by atoms with Gasteiger partial charge >= 0.3 is 6.09 Å². The molecule has 2 aliphatic heterocycles. The van der Waals surface area contributed by atoms with Gasteiger partial charge in [-0.15, -0.1) is 0 Å². The van der Waals surface area contributed by atoms with E-state index in [0.717, 1.165) is 0 Å². The smallest absolute Gasteiger partial charge is 0.414 e. The quantitative estimate of drug-likeness (QED) is 0.542. The number of hydrogen-bond acceptors (Lipinski definition) is 8. The van der Waals surface area contributed by atoms with E-state index in [1.807, 2.05) is 0 Å². The van der Waals surface area contributed by atoms with Gasteiger partial charge in [-0.25, -0.2) is 14.6 Å². The van der Waals surface area contributed by atoms with E-state index in [-0.39, 0.29) is 25.3 Å². The molecule has 1 aromatic carbocycles. The van der Waals surface area contributed by atoms with Crippen LogP contribution >= 0.6 is 0 Å². The number of aliphatic hydroxyl groups excluding tert-OH is 2. The molecule has 2 heterocycles. The van der Waals surface area contributed by atoms with Gasteiger partial charge in [0.25, 0.3) is 5.91 Å². The summed E-state index contributed by atoms with van der Waals surface area (Å²) in [5.41, 5.74) is 3.59.